The normalized spacial score (nSPS) is 14.5. The molecule has 0 saturated carbocycles. The molecule has 0 spiro atoms. The second-order valence-corrected chi connectivity index (χ2v) is 6.64. The minimum Gasteiger partial charge on any atom is -0.872 e. The number of ether oxygens (including phenoxy) is 1. The maximum Gasteiger partial charge on any atom is 0.270 e. The van der Waals surface area contributed by atoms with E-state index in [2.05, 4.69) is 15.5 Å². The molecule has 28 heavy (non-hydrogen) atoms. The molecule has 140 valence electrons. The summed E-state index contributed by atoms with van der Waals surface area (Å²) in [7, 11) is 0. The molecule has 2 aromatic carbocycles. The van der Waals surface area contributed by atoms with E-state index in [4.69, 9.17) is 4.74 Å². The molecule has 0 unspecified atom stereocenters. The second-order valence-electron chi connectivity index (χ2n) is 5.66. The van der Waals surface area contributed by atoms with Crippen molar-refractivity contribution in [3.8, 4) is 16.3 Å². The number of nitro benzene ring substituents is 1. The third-order valence-corrected chi connectivity index (χ3v) is 4.71. The van der Waals surface area contributed by atoms with Gasteiger partial charge in [-0.1, -0.05) is 47.4 Å². The highest BCUT2D eigenvalue weighted by Gasteiger charge is 2.19. The quantitative estimate of drug-likeness (QED) is 0.391. The van der Waals surface area contributed by atoms with Gasteiger partial charge in [0.1, 0.15) is 10.8 Å². The lowest BCUT2D eigenvalue weighted by Gasteiger charge is -2.23. The first-order chi connectivity index (χ1) is 13.5. The number of aliphatic hydroxyl groups excluding tert-OH is 1. The van der Waals surface area contributed by atoms with Crippen LogP contribution in [-0.2, 0) is 0 Å². The summed E-state index contributed by atoms with van der Waals surface area (Å²) < 4.78 is 5.49. The first-order valence-electron chi connectivity index (χ1n) is 7.96. The Morgan fingerprint density at radius 2 is 1.96 bits per heavy atom. The zero-order valence-corrected chi connectivity index (χ0v) is 14.8. The average Bonchev–Trinajstić information content (AvgIpc) is 3.16. The Morgan fingerprint density at radius 1 is 1.18 bits per heavy atom. The standard InChI is InChI=1S/C18H12N4O5S/c23-13-9-15(27-14-7-6-11(22(25)26)8-12(13)14)16(24)19-18-21-20-17(28-18)10-4-2-1-3-5-10/h1-9,23-24H,(H,19,21)/p-1. The number of nitrogens with zero attached hydrogens (tertiary/aromatic N) is 3. The van der Waals surface area contributed by atoms with Gasteiger partial charge in [-0.15, -0.1) is 10.2 Å². The predicted octanol–water partition coefficient (Wildman–Crippen LogP) is 3.05. The fourth-order valence-electron chi connectivity index (χ4n) is 2.51. The second kappa shape index (κ2) is 7.00. The van der Waals surface area contributed by atoms with Gasteiger partial charge in [0.25, 0.3) is 5.69 Å². The molecule has 2 heterocycles. The highest BCUT2D eigenvalue weighted by Crippen LogP contribution is 2.34. The predicted molar refractivity (Wildman–Crippen MR) is 100 cm³/mol. The Hall–Kier alpha value is -3.92. The molecule has 0 amide bonds. The maximum absolute atomic E-state index is 12.3. The molecule has 3 aromatic rings. The van der Waals surface area contributed by atoms with Crippen LogP contribution in [0.3, 0.4) is 0 Å². The van der Waals surface area contributed by atoms with Gasteiger partial charge >= 0.3 is 0 Å². The fourth-order valence-corrected chi connectivity index (χ4v) is 3.26. The Bertz CT molecular complexity index is 1120. The van der Waals surface area contributed by atoms with Gasteiger partial charge in [0.15, 0.2) is 5.76 Å². The van der Waals surface area contributed by atoms with Crippen LogP contribution >= 0.6 is 11.3 Å². The van der Waals surface area contributed by atoms with Crippen molar-refractivity contribution >= 4 is 27.9 Å². The first-order valence-corrected chi connectivity index (χ1v) is 8.77. The van der Waals surface area contributed by atoms with Crippen LogP contribution in [-0.4, -0.2) is 20.2 Å². The Labute approximate surface area is 162 Å². The van der Waals surface area contributed by atoms with Crippen LogP contribution in [0.5, 0.6) is 5.75 Å². The summed E-state index contributed by atoms with van der Waals surface area (Å²) in [5, 5.41) is 45.0. The molecular weight excluding hydrogens is 384 g/mol. The number of non-ortho nitro benzene ring substituents is 1. The Kier molecular flexibility index (Phi) is 4.38. The minimum absolute atomic E-state index is 0.0491. The number of nitro groups is 1. The third kappa shape index (κ3) is 3.35. The smallest absolute Gasteiger partial charge is 0.270 e. The van der Waals surface area contributed by atoms with Gasteiger partial charge < -0.3 is 14.9 Å². The van der Waals surface area contributed by atoms with E-state index in [9.17, 15) is 20.3 Å². The molecule has 0 atom stereocenters. The van der Waals surface area contributed by atoms with Crippen LogP contribution in [0.15, 0.2) is 66.2 Å². The Morgan fingerprint density at radius 3 is 2.71 bits per heavy atom. The summed E-state index contributed by atoms with van der Waals surface area (Å²) in [6, 6.07) is 13.1. The fraction of sp³-hybridized carbons (Fsp3) is 0. The molecule has 2 N–H and O–H groups in total. The number of benzene rings is 2. The van der Waals surface area contributed by atoms with Gasteiger partial charge in [0.05, 0.1) is 4.92 Å². The third-order valence-electron chi connectivity index (χ3n) is 3.83. The van der Waals surface area contributed by atoms with Crippen LogP contribution in [0.4, 0.5) is 10.8 Å². The van der Waals surface area contributed by atoms with Crippen molar-refractivity contribution in [1.82, 2.24) is 10.2 Å². The molecule has 1 aliphatic heterocycles. The van der Waals surface area contributed by atoms with Crippen LogP contribution in [0, 0.1) is 10.1 Å². The number of aromatic nitrogens is 2. The zero-order chi connectivity index (χ0) is 19.7. The van der Waals surface area contributed by atoms with Crippen LogP contribution in [0.25, 0.3) is 16.3 Å². The topological polar surface area (TPSA) is 133 Å². The zero-order valence-electron chi connectivity index (χ0n) is 14.0. The van der Waals surface area contributed by atoms with Crippen molar-refractivity contribution in [1.29, 1.82) is 0 Å². The molecule has 10 heteroatoms. The van der Waals surface area contributed by atoms with E-state index in [1.165, 1.54) is 23.5 Å². The number of nitrogens with one attached hydrogen (secondary N) is 1. The van der Waals surface area contributed by atoms with Gasteiger partial charge in [-0.3, -0.25) is 15.4 Å². The summed E-state index contributed by atoms with van der Waals surface area (Å²) >= 11 is 1.21. The number of hydrogen-bond donors (Lipinski definition) is 2. The van der Waals surface area contributed by atoms with E-state index < -0.39 is 16.6 Å². The van der Waals surface area contributed by atoms with E-state index >= 15 is 0 Å². The highest BCUT2D eigenvalue weighted by molar-refractivity contribution is 7.18. The van der Waals surface area contributed by atoms with Gasteiger partial charge in [0.2, 0.25) is 11.0 Å². The SMILES string of the molecule is O=[N+]([O-])c1ccc2c(c1)C([O-])=CC(=C(O)Nc1nnc(-c3ccccc3)s1)O2. The molecule has 0 radical (unpaired) electrons. The number of hydrogen-bond acceptors (Lipinski definition) is 9. The molecule has 9 nitrogen and oxygen atoms in total. The number of aliphatic hydroxyl groups is 1. The molecule has 1 aromatic heterocycles. The lowest BCUT2D eigenvalue weighted by atomic mass is 10.1. The minimum atomic E-state index is -0.599. The van der Waals surface area contributed by atoms with Crippen molar-refractivity contribution in [2.45, 2.75) is 0 Å². The molecule has 1 aliphatic rings. The lowest BCUT2D eigenvalue weighted by Crippen LogP contribution is -2.15. The molecular formula is C18H11N4O5S-. The number of anilines is 1. The number of fused-ring (bicyclic) bond motifs is 1. The van der Waals surface area contributed by atoms with Gasteiger partial charge in [-0.25, -0.2) is 0 Å². The Balaban J connectivity index is 1.59. The monoisotopic (exact) mass is 395 g/mol. The van der Waals surface area contributed by atoms with E-state index in [1.54, 1.807) is 0 Å². The lowest BCUT2D eigenvalue weighted by molar-refractivity contribution is -0.385. The van der Waals surface area contributed by atoms with Crippen LogP contribution in [0.2, 0.25) is 0 Å². The van der Waals surface area contributed by atoms with E-state index in [1.807, 2.05) is 30.3 Å². The summed E-state index contributed by atoms with van der Waals surface area (Å²) in [5.41, 5.74) is 0.709. The average molecular weight is 395 g/mol. The number of allylic oxidation sites excluding steroid dienone is 1. The molecule has 0 bridgehead atoms. The summed E-state index contributed by atoms with van der Waals surface area (Å²) in [5.74, 6) is -0.949. The molecule has 0 saturated heterocycles. The summed E-state index contributed by atoms with van der Waals surface area (Å²) in [6.07, 6.45) is 1.05. The van der Waals surface area contributed by atoms with E-state index in [-0.39, 0.29) is 22.8 Å². The molecule has 4 rings (SSSR count). The summed E-state index contributed by atoms with van der Waals surface area (Å²) in [6.45, 7) is 0. The molecule has 0 fully saturated rings. The van der Waals surface area contributed by atoms with E-state index in [0.717, 1.165) is 17.7 Å². The van der Waals surface area contributed by atoms with Crippen molar-refractivity contribution in [3.05, 3.63) is 81.9 Å². The van der Waals surface area contributed by atoms with Gasteiger partial charge in [-0.2, -0.15) is 0 Å². The maximum atomic E-state index is 12.3. The van der Waals surface area contributed by atoms with Crippen molar-refractivity contribution in [2.75, 3.05) is 5.32 Å². The van der Waals surface area contributed by atoms with E-state index in [0.29, 0.717) is 10.1 Å². The summed E-state index contributed by atoms with van der Waals surface area (Å²) in [4.78, 5) is 10.2. The first kappa shape index (κ1) is 17.5. The largest absolute Gasteiger partial charge is 0.872 e. The van der Waals surface area contributed by atoms with Crippen molar-refractivity contribution < 1.29 is 19.9 Å². The van der Waals surface area contributed by atoms with Gasteiger partial charge in [-0.05, 0) is 12.1 Å². The van der Waals surface area contributed by atoms with Crippen LogP contribution in [0.1, 0.15) is 5.56 Å². The highest BCUT2D eigenvalue weighted by atomic mass is 32.1. The molecule has 0 aliphatic carbocycles. The van der Waals surface area contributed by atoms with Crippen molar-refractivity contribution in [3.63, 3.8) is 0 Å². The van der Waals surface area contributed by atoms with Gasteiger partial charge in [0, 0.05) is 23.3 Å². The van der Waals surface area contributed by atoms with Crippen molar-refractivity contribution in [2.24, 2.45) is 0 Å². The van der Waals surface area contributed by atoms with Crippen LogP contribution < -0.4 is 15.2 Å². The number of rotatable bonds is 4.